The zero-order valence-electron chi connectivity index (χ0n) is 9.30. The van der Waals surface area contributed by atoms with Crippen LogP contribution < -0.4 is 0 Å². The first-order valence-electron chi connectivity index (χ1n) is 4.74. The summed E-state index contributed by atoms with van der Waals surface area (Å²) >= 11 is 0. The fourth-order valence-corrected chi connectivity index (χ4v) is 0.850. The van der Waals surface area contributed by atoms with E-state index >= 15 is 0 Å². The number of hydrogen-bond acceptors (Lipinski definition) is 4. The maximum Gasteiger partial charge on any atom is 0.414 e. The molecule has 1 rings (SSSR count). The van der Waals surface area contributed by atoms with Crippen LogP contribution in [0.4, 0.5) is 4.79 Å². The molecule has 15 heavy (non-hydrogen) atoms. The van der Waals surface area contributed by atoms with Gasteiger partial charge in [-0.15, -0.1) is 0 Å². The summed E-state index contributed by atoms with van der Waals surface area (Å²) in [6.07, 6.45) is -0.389. The molecule has 1 aliphatic rings. The van der Waals surface area contributed by atoms with Gasteiger partial charge in [-0.3, -0.25) is 9.69 Å². The van der Waals surface area contributed by atoms with Crippen LogP contribution in [0.1, 0.15) is 19.8 Å². The molecule has 88 valence electrons. The van der Waals surface area contributed by atoms with E-state index in [4.69, 9.17) is 10.2 Å². The first-order chi connectivity index (χ1) is 6.86. The van der Waals surface area contributed by atoms with Gasteiger partial charge in [0.15, 0.2) is 0 Å². The lowest BCUT2D eigenvalue weighted by atomic mass is 10.4. The lowest BCUT2D eigenvalue weighted by molar-refractivity contribution is -0.125. The van der Waals surface area contributed by atoms with Crippen molar-refractivity contribution in [1.82, 2.24) is 9.80 Å². The smallest absolute Gasteiger partial charge is 0.414 e. The summed E-state index contributed by atoms with van der Waals surface area (Å²) in [5, 5.41) is 16.8. The Morgan fingerprint density at radius 2 is 2.00 bits per heavy atom. The number of hydrogen-bond donors (Lipinski definition) is 2. The van der Waals surface area contributed by atoms with E-state index in [0.29, 0.717) is 19.4 Å². The summed E-state index contributed by atoms with van der Waals surface area (Å²) < 4.78 is 0. The molecule has 0 bridgehead atoms. The van der Waals surface area contributed by atoms with Crippen molar-refractivity contribution < 1.29 is 19.8 Å². The highest BCUT2D eigenvalue weighted by Gasteiger charge is 2.25. The minimum atomic E-state index is -1.13. The van der Waals surface area contributed by atoms with Gasteiger partial charge in [-0.2, -0.15) is 0 Å². The molecule has 0 aliphatic carbocycles. The van der Waals surface area contributed by atoms with Gasteiger partial charge in [-0.05, 0) is 27.4 Å². The number of aliphatic hydroxyl groups excluding tert-OH is 1. The molecule has 1 aliphatic heterocycles. The Balaban J connectivity index is 0.000000288. The second kappa shape index (κ2) is 6.36. The molecule has 1 atom stereocenters. The third kappa shape index (κ3) is 5.34. The molecule has 1 fully saturated rings. The number of amides is 2. The van der Waals surface area contributed by atoms with Crippen molar-refractivity contribution in [3.05, 3.63) is 0 Å². The molecule has 1 heterocycles. The fraction of sp³-hybridized carbons (Fsp3) is 0.778. The predicted octanol–water partition coefficient (Wildman–Crippen LogP) is 0.173. The van der Waals surface area contributed by atoms with Crippen LogP contribution in [0.15, 0.2) is 0 Å². The summed E-state index contributed by atoms with van der Waals surface area (Å²) in [5.74, 6) is -0.275. The Kier molecular flexibility index (Phi) is 5.88. The van der Waals surface area contributed by atoms with Gasteiger partial charge in [0.2, 0.25) is 5.91 Å². The van der Waals surface area contributed by atoms with Crippen LogP contribution in [0, 0.1) is 0 Å². The monoisotopic (exact) mass is 218 g/mol. The largest absolute Gasteiger partial charge is 0.465 e. The molecule has 1 saturated heterocycles. The van der Waals surface area contributed by atoms with E-state index in [9.17, 15) is 9.59 Å². The molecule has 0 aromatic carbocycles. The van der Waals surface area contributed by atoms with Crippen molar-refractivity contribution in [2.45, 2.75) is 26.0 Å². The summed E-state index contributed by atoms with van der Waals surface area (Å²) in [7, 11) is 3.65. The van der Waals surface area contributed by atoms with Crippen molar-refractivity contribution in [2.75, 3.05) is 20.6 Å². The van der Waals surface area contributed by atoms with Gasteiger partial charge in [0.05, 0.1) is 0 Å². The second-order valence-corrected chi connectivity index (χ2v) is 3.53. The topological polar surface area (TPSA) is 81.1 Å². The Labute approximate surface area is 89.1 Å². The maximum absolute atomic E-state index is 10.6. The second-order valence-electron chi connectivity index (χ2n) is 3.53. The van der Waals surface area contributed by atoms with Crippen LogP contribution in [0.25, 0.3) is 0 Å². The van der Waals surface area contributed by atoms with Crippen LogP contribution in [0.5, 0.6) is 0 Å². The third-order valence-electron chi connectivity index (χ3n) is 2.05. The standard InChI is InChI=1S/C5H7NO3.C4H11NO/c7-4-2-1-3-6(4)5(8)9;1-4(6)5(2)3/h1-3H2,(H,8,9);4,6H,1-3H3. The van der Waals surface area contributed by atoms with Gasteiger partial charge in [0, 0.05) is 13.0 Å². The third-order valence-corrected chi connectivity index (χ3v) is 2.05. The van der Waals surface area contributed by atoms with Crippen molar-refractivity contribution >= 4 is 12.0 Å². The molecule has 0 aromatic heterocycles. The maximum atomic E-state index is 10.6. The molecule has 6 nitrogen and oxygen atoms in total. The lowest BCUT2D eigenvalue weighted by Crippen LogP contribution is -2.29. The van der Waals surface area contributed by atoms with Gasteiger partial charge < -0.3 is 10.2 Å². The molecule has 6 heteroatoms. The summed E-state index contributed by atoms with van der Waals surface area (Å²) in [6, 6.07) is 0. The van der Waals surface area contributed by atoms with E-state index in [1.807, 2.05) is 14.1 Å². The molecular weight excluding hydrogens is 200 g/mol. The van der Waals surface area contributed by atoms with Crippen molar-refractivity contribution in [3.8, 4) is 0 Å². The average Bonchev–Trinajstić information content (AvgIpc) is 2.52. The average molecular weight is 218 g/mol. The van der Waals surface area contributed by atoms with E-state index in [2.05, 4.69) is 0 Å². The van der Waals surface area contributed by atoms with Gasteiger partial charge in [0.25, 0.3) is 0 Å². The highest BCUT2D eigenvalue weighted by atomic mass is 16.4. The van der Waals surface area contributed by atoms with Gasteiger partial charge in [-0.1, -0.05) is 0 Å². The summed E-state index contributed by atoms with van der Waals surface area (Å²) in [6.45, 7) is 2.09. The van der Waals surface area contributed by atoms with Crippen LogP contribution in [-0.4, -0.2) is 58.9 Å². The van der Waals surface area contributed by atoms with E-state index in [0.717, 1.165) is 4.90 Å². The highest BCUT2D eigenvalue weighted by Crippen LogP contribution is 2.08. The first kappa shape index (κ1) is 13.9. The molecule has 0 radical (unpaired) electrons. The van der Waals surface area contributed by atoms with Crippen molar-refractivity contribution in [2.24, 2.45) is 0 Å². The number of imide groups is 1. The van der Waals surface area contributed by atoms with Crippen LogP contribution in [0.2, 0.25) is 0 Å². The Bertz CT molecular complexity index is 222. The summed E-state index contributed by atoms with van der Waals surface area (Å²) in [4.78, 5) is 23.2. The number of rotatable bonds is 1. The zero-order valence-corrected chi connectivity index (χ0v) is 9.30. The fourth-order valence-electron chi connectivity index (χ4n) is 0.850. The number of carboxylic acid groups (broad SMARTS) is 1. The van der Waals surface area contributed by atoms with Crippen molar-refractivity contribution in [3.63, 3.8) is 0 Å². The van der Waals surface area contributed by atoms with E-state index in [1.165, 1.54) is 0 Å². The molecule has 1 unspecified atom stereocenters. The Morgan fingerprint density at radius 3 is 2.13 bits per heavy atom. The molecule has 0 spiro atoms. The van der Waals surface area contributed by atoms with Crippen LogP contribution >= 0.6 is 0 Å². The van der Waals surface area contributed by atoms with Gasteiger partial charge in [-0.25, -0.2) is 9.69 Å². The number of likely N-dealkylation sites (tertiary alicyclic amines) is 1. The number of carbonyl (C=O) groups excluding carboxylic acids is 1. The number of carbonyl (C=O) groups is 2. The van der Waals surface area contributed by atoms with Gasteiger partial charge >= 0.3 is 6.09 Å². The number of nitrogens with zero attached hydrogens (tertiary/aromatic N) is 2. The first-order valence-corrected chi connectivity index (χ1v) is 4.74. The van der Waals surface area contributed by atoms with E-state index in [1.54, 1.807) is 11.8 Å². The van der Waals surface area contributed by atoms with Crippen molar-refractivity contribution in [1.29, 1.82) is 0 Å². The predicted molar refractivity (Wildman–Crippen MR) is 54.3 cm³/mol. The minimum absolute atomic E-state index is 0.275. The van der Waals surface area contributed by atoms with Crippen LogP contribution in [0.3, 0.4) is 0 Å². The molecule has 2 amide bonds. The van der Waals surface area contributed by atoms with Gasteiger partial charge in [0.1, 0.15) is 6.23 Å². The highest BCUT2D eigenvalue weighted by molar-refractivity contribution is 5.92. The Morgan fingerprint density at radius 1 is 1.53 bits per heavy atom. The normalized spacial score (nSPS) is 17.4. The molecular formula is C9H18N2O4. The lowest BCUT2D eigenvalue weighted by Gasteiger charge is -2.11. The van der Waals surface area contributed by atoms with Crippen LogP contribution in [-0.2, 0) is 4.79 Å². The number of aliphatic hydroxyl groups is 1. The molecule has 2 N–H and O–H groups in total. The molecule has 0 saturated carbocycles. The summed E-state index contributed by atoms with van der Waals surface area (Å²) in [5.41, 5.74) is 0. The van der Waals surface area contributed by atoms with E-state index < -0.39 is 6.09 Å². The quantitative estimate of drug-likeness (QED) is 0.613. The SMILES string of the molecule is CC(O)N(C)C.O=C(O)N1CCCC1=O. The minimum Gasteiger partial charge on any atom is -0.465 e. The molecule has 0 aromatic rings. The Hall–Kier alpha value is -1.14. The zero-order chi connectivity index (χ0) is 12.0. The van der Waals surface area contributed by atoms with E-state index in [-0.39, 0.29) is 12.1 Å².